The van der Waals surface area contributed by atoms with Gasteiger partial charge in [0.1, 0.15) is 17.2 Å². The third kappa shape index (κ3) is 5.43. The number of nitrogens with zero attached hydrogens (tertiary/aromatic N) is 1. The highest BCUT2D eigenvalue weighted by Crippen LogP contribution is 2.40. The molecule has 0 aromatic heterocycles. The first-order valence-corrected chi connectivity index (χ1v) is 10.5. The summed E-state index contributed by atoms with van der Waals surface area (Å²) >= 11 is 6.13. The Kier molecular flexibility index (Phi) is 6.39. The summed E-state index contributed by atoms with van der Waals surface area (Å²) in [5, 5.41) is 0.358. The molecule has 0 spiro atoms. The number of carbonyl (C=O) groups is 2. The minimum Gasteiger partial charge on any atom is -0.457 e. The van der Waals surface area contributed by atoms with E-state index in [9.17, 15) is 22.8 Å². The fraction of sp³-hybridized carbons (Fsp3) is 0.167. The average molecular weight is 491 g/mol. The minimum absolute atomic E-state index is 0.112. The topological polar surface area (TPSA) is 81.9 Å². The summed E-state index contributed by atoms with van der Waals surface area (Å²) in [7, 11) is 0. The Hall–Kier alpha value is -3.72. The maximum absolute atomic E-state index is 12.8. The predicted octanol–water partition coefficient (Wildman–Crippen LogP) is 5.65. The zero-order valence-electron chi connectivity index (χ0n) is 17.5. The van der Waals surface area contributed by atoms with Gasteiger partial charge in [-0.2, -0.15) is 0 Å². The molecule has 1 unspecified atom stereocenters. The normalized spacial score (nSPS) is 15.9. The summed E-state index contributed by atoms with van der Waals surface area (Å²) in [4.78, 5) is 25.8. The van der Waals surface area contributed by atoms with Gasteiger partial charge >= 0.3 is 6.36 Å². The van der Waals surface area contributed by atoms with Crippen LogP contribution in [0.15, 0.2) is 66.7 Å². The third-order valence-corrected chi connectivity index (χ3v) is 5.48. The second kappa shape index (κ2) is 9.26. The number of rotatable bonds is 6. The van der Waals surface area contributed by atoms with Crippen molar-refractivity contribution in [3.05, 3.63) is 82.9 Å². The molecule has 2 amide bonds. The van der Waals surface area contributed by atoms with Crippen LogP contribution >= 0.6 is 11.6 Å². The van der Waals surface area contributed by atoms with Crippen LogP contribution in [0.1, 0.15) is 28.3 Å². The number of ether oxygens (including phenoxy) is 2. The molecule has 1 heterocycles. The zero-order chi connectivity index (χ0) is 24.5. The lowest BCUT2D eigenvalue weighted by atomic mass is 9.97. The number of benzene rings is 3. The number of hydrogen-bond acceptors (Lipinski definition) is 4. The Labute approximate surface area is 197 Å². The van der Waals surface area contributed by atoms with Crippen LogP contribution in [0.2, 0.25) is 5.02 Å². The molecule has 0 aliphatic carbocycles. The Morgan fingerprint density at radius 3 is 2.50 bits per heavy atom. The molecular formula is C24H18ClF3N2O4. The fourth-order valence-electron chi connectivity index (χ4n) is 3.79. The smallest absolute Gasteiger partial charge is 0.457 e. The quantitative estimate of drug-likeness (QED) is 0.484. The van der Waals surface area contributed by atoms with E-state index in [1.165, 1.54) is 18.2 Å². The highest BCUT2D eigenvalue weighted by atomic mass is 35.5. The van der Waals surface area contributed by atoms with Crippen molar-refractivity contribution in [2.24, 2.45) is 5.73 Å². The van der Waals surface area contributed by atoms with E-state index in [-0.39, 0.29) is 29.6 Å². The van der Waals surface area contributed by atoms with Gasteiger partial charge in [0.15, 0.2) is 0 Å². The molecule has 1 atom stereocenters. The van der Waals surface area contributed by atoms with Gasteiger partial charge in [0.05, 0.1) is 0 Å². The molecule has 3 aromatic rings. The largest absolute Gasteiger partial charge is 0.573 e. The first-order chi connectivity index (χ1) is 16.1. The number of primary amides is 1. The van der Waals surface area contributed by atoms with Crippen LogP contribution in [0.25, 0.3) is 0 Å². The SMILES string of the molecule is NC(=O)c1cccc(N2CC(c3ccc(Cl)cc3Oc3cccc(OC(F)(F)F)c3)CC2=O)c1. The molecular weight excluding hydrogens is 473 g/mol. The van der Waals surface area contributed by atoms with E-state index in [2.05, 4.69) is 4.74 Å². The predicted molar refractivity (Wildman–Crippen MR) is 119 cm³/mol. The summed E-state index contributed by atoms with van der Waals surface area (Å²) in [6.07, 6.45) is -4.67. The van der Waals surface area contributed by atoms with Crippen molar-refractivity contribution in [3.8, 4) is 17.2 Å². The summed E-state index contributed by atoms with van der Waals surface area (Å²) in [6, 6.07) is 16.5. The molecule has 6 nitrogen and oxygen atoms in total. The molecule has 2 N–H and O–H groups in total. The van der Waals surface area contributed by atoms with Crippen molar-refractivity contribution < 1.29 is 32.2 Å². The standard InChI is InChI=1S/C24H18ClF3N2O4/c25-16-7-8-20(21(11-16)33-18-5-2-6-19(12-18)34-24(26,27)28)15-10-22(31)30(13-15)17-4-1-3-14(9-17)23(29)32/h1-9,11-12,15H,10,13H2,(H2,29,32). The van der Waals surface area contributed by atoms with Crippen LogP contribution in [-0.2, 0) is 4.79 Å². The van der Waals surface area contributed by atoms with Gasteiger partial charge < -0.3 is 20.1 Å². The highest BCUT2D eigenvalue weighted by molar-refractivity contribution is 6.30. The first kappa shape index (κ1) is 23.4. The van der Waals surface area contributed by atoms with E-state index >= 15 is 0 Å². The van der Waals surface area contributed by atoms with E-state index in [1.54, 1.807) is 41.3 Å². The van der Waals surface area contributed by atoms with Crippen LogP contribution in [0.3, 0.4) is 0 Å². The van der Waals surface area contributed by atoms with Gasteiger partial charge in [0.2, 0.25) is 11.8 Å². The third-order valence-electron chi connectivity index (χ3n) is 5.25. The van der Waals surface area contributed by atoms with Crippen molar-refractivity contribution in [1.29, 1.82) is 0 Å². The van der Waals surface area contributed by atoms with Crippen molar-refractivity contribution in [2.75, 3.05) is 11.4 Å². The van der Waals surface area contributed by atoms with Crippen molar-refractivity contribution in [2.45, 2.75) is 18.7 Å². The second-order valence-corrected chi connectivity index (χ2v) is 8.06. The second-order valence-electron chi connectivity index (χ2n) is 7.63. The number of hydrogen-bond donors (Lipinski definition) is 1. The Morgan fingerprint density at radius 1 is 1.03 bits per heavy atom. The maximum atomic E-state index is 12.8. The van der Waals surface area contributed by atoms with Crippen molar-refractivity contribution in [1.82, 2.24) is 0 Å². The zero-order valence-corrected chi connectivity index (χ0v) is 18.3. The van der Waals surface area contributed by atoms with Gasteiger partial charge in [-0.25, -0.2) is 0 Å². The highest BCUT2D eigenvalue weighted by Gasteiger charge is 2.34. The van der Waals surface area contributed by atoms with E-state index < -0.39 is 18.0 Å². The maximum Gasteiger partial charge on any atom is 0.573 e. The molecule has 1 fully saturated rings. The number of nitrogens with two attached hydrogens (primary N) is 1. The Bertz CT molecular complexity index is 1250. The van der Waals surface area contributed by atoms with Crippen LogP contribution in [-0.4, -0.2) is 24.7 Å². The number of anilines is 1. The van der Waals surface area contributed by atoms with Gasteiger partial charge in [0, 0.05) is 46.8 Å². The Morgan fingerprint density at radius 2 is 1.76 bits per heavy atom. The number of alkyl halides is 3. The van der Waals surface area contributed by atoms with E-state index in [0.717, 1.165) is 12.1 Å². The minimum atomic E-state index is -4.83. The molecule has 0 bridgehead atoms. The van der Waals surface area contributed by atoms with Crippen molar-refractivity contribution in [3.63, 3.8) is 0 Å². The molecule has 34 heavy (non-hydrogen) atoms. The first-order valence-electron chi connectivity index (χ1n) is 10.1. The number of halogens is 4. The van der Waals surface area contributed by atoms with Gasteiger partial charge in [-0.3, -0.25) is 9.59 Å². The lowest BCUT2D eigenvalue weighted by Gasteiger charge is -2.19. The van der Waals surface area contributed by atoms with E-state index in [1.807, 2.05) is 0 Å². The fourth-order valence-corrected chi connectivity index (χ4v) is 3.95. The van der Waals surface area contributed by atoms with Crippen LogP contribution < -0.4 is 20.1 Å². The van der Waals surface area contributed by atoms with Crippen molar-refractivity contribution >= 4 is 29.1 Å². The molecule has 10 heteroatoms. The molecule has 1 aliphatic heterocycles. The average Bonchev–Trinajstić information content (AvgIpc) is 3.14. The van der Waals surface area contributed by atoms with Crippen LogP contribution in [0.5, 0.6) is 17.2 Å². The molecule has 1 saturated heterocycles. The van der Waals surface area contributed by atoms with Gasteiger partial charge in [-0.15, -0.1) is 13.2 Å². The number of amides is 2. The number of carbonyl (C=O) groups excluding carboxylic acids is 2. The molecule has 1 aliphatic rings. The van der Waals surface area contributed by atoms with Crippen LogP contribution in [0.4, 0.5) is 18.9 Å². The molecule has 4 rings (SSSR count). The summed E-state index contributed by atoms with van der Waals surface area (Å²) in [5.74, 6) is -1.05. The van der Waals surface area contributed by atoms with Crippen LogP contribution in [0, 0.1) is 0 Å². The van der Waals surface area contributed by atoms with E-state index in [0.29, 0.717) is 28.6 Å². The molecule has 0 saturated carbocycles. The Balaban J connectivity index is 1.60. The molecule has 176 valence electrons. The van der Waals surface area contributed by atoms with E-state index in [4.69, 9.17) is 22.1 Å². The van der Waals surface area contributed by atoms with Gasteiger partial charge in [0.25, 0.3) is 0 Å². The van der Waals surface area contributed by atoms with Gasteiger partial charge in [-0.1, -0.05) is 29.8 Å². The molecule has 0 radical (unpaired) electrons. The summed E-state index contributed by atoms with van der Waals surface area (Å²) in [5.41, 5.74) is 6.83. The van der Waals surface area contributed by atoms with Gasteiger partial charge in [-0.05, 0) is 42.5 Å². The summed E-state index contributed by atoms with van der Waals surface area (Å²) < 4.78 is 47.5. The molecule has 3 aromatic carbocycles. The monoisotopic (exact) mass is 490 g/mol. The summed E-state index contributed by atoms with van der Waals surface area (Å²) in [6.45, 7) is 0.302. The lowest BCUT2D eigenvalue weighted by Crippen LogP contribution is -2.24. The lowest BCUT2D eigenvalue weighted by molar-refractivity contribution is -0.274.